The number of aliphatic carboxylic acids is 1. The maximum absolute atomic E-state index is 12.8. The Kier molecular flexibility index (Phi) is 6.97. The fraction of sp³-hybridized carbons (Fsp3) is 0.560. The quantitative estimate of drug-likeness (QED) is 0.588. The lowest BCUT2D eigenvalue weighted by Crippen LogP contribution is -2.45. The van der Waals surface area contributed by atoms with Crippen LogP contribution in [0.25, 0.3) is 0 Å². The zero-order valence-corrected chi connectivity index (χ0v) is 21.2. The molecule has 2 aromatic rings. The summed E-state index contributed by atoms with van der Waals surface area (Å²) in [6.07, 6.45) is 3.92. The molecule has 2 saturated heterocycles. The van der Waals surface area contributed by atoms with Crippen molar-refractivity contribution < 1.29 is 19.4 Å². The van der Waals surface area contributed by atoms with Crippen LogP contribution in [-0.4, -0.2) is 55.4 Å². The first kappa shape index (κ1) is 24.4. The van der Waals surface area contributed by atoms with Gasteiger partial charge in [0.1, 0.15) is 6.61 Å². The van der Waals surface area contributed by atoms with Crippen LogP contribution in [-0.2, 0) is 29.2 Å². The normalized spacial score (nSPS) is 25.1. The predicted octanol–water partition coefficient (Wildman–Crippen LogP) is 5.12. The molecule has 0 saturated carbocycles. The van der Waals surface area contributed by atoms with Gasteiger partial charge in [-0.2, -0.15) is 5.10 Å². The van der Waals surface area contributed by atoms with Crippen molar-refractivity contribution in [3.05, 3.63) is 51.3 Å². The molecule has 3 aliphatic heterocycles. The number of carboxylic acid groups (broad SMARTS) is 1. The van der Waals surface area contributed by atoms with E-state index in [2.05, 4.69) is 17.9 Å². The Morgan fingerprint density at radius 1 is 1.11 bits per heavy atom. The number of hydrogen-bond donors (Lipinski definition) is 1. The average Bonchev–Trinajstić information content (AvgIpc) is 3.24. The van der Waals surface area contributed by atoms with E-state index >= 15 is 0 Å². The second-order valence-corrected chi connectivity index (χ2v) is 10.8. The Balaban J connectivity index is 1.24. The molecule has 1 aromatic heterocycles. The van der Waals surface area contributed by atoms with Gasteiger partial charge in [0.25, 0.3) is 0 Å². The highest BCUT2D eigenvalue weighted by Crippen LogP contribution is 2.43. The standard InChI is InChI=1S/C25H30Cl2N4O4/c1-15(31-20-3-4-21(31)10-17(9-20)24(32)33)23-12-22-13-29(5-2-6-30(22)28-23)25(34)35-14-16-7-18(26)11-19(27)8-16/h7-8,11-12,15,17,20-21H,2-6,9-10,13-14H2,1H3,(H,32,33). The van der Waals surface area contributed by atoms with Crippen molar-refractivity contribution >= 4 is 35.3 Å². The van der Waals surface area contributed by atoms with Crippen molar-refractivity contribution in [3.63, 3.8) is 0 Å². The minimum absolute atomic E-state index is 0.103. The number of amides is 1. The number of aryl methyl sites for hydroxylation is 1. The van der Waals surface area contributed by atoms with Gasteiger partial charge in [0.15, 0.2) is 0 Å². The largest absolute Gasteiger partial charge is 0.481 e. The molecule has 0 radical (unpaired) electrons. The molecular formula is C25H30Cl2N4O4. The Bertz CT molecular complexity index is 1090. The Hall–Kier alpha value is -2.29. The number of carboxylic acids is 1. The summed E-state index contributed by atoms with van der Waals surface area (Å²) < 4.78 is 7.55. The second-order valence-electron chi connectivity index (χ2n) is 9.91. The summed E-state index contributed by atoms with van der Waals surface area (Å²) in [5.74, 6) is -0.912. The summed E-state index contributed by atoms with van der Waals surface area (Å²) in [5.41, 5.74) is 2.71. The minimum atomic E-state index is -0.673. The summed E-state index contributed by atoms with van der Waals surface area (Å²) in [6.45, 7) is 4.03. The maximum atomic E-state index is 12.8. The van der Waals surface area contributed by atoms with E-state index in [1.165, 1.54) is 0 Å². The number of carbonyl (C=O) groups excluding carboxylic acids is 1. The monoisotopic (exact) mass is 520 g/mol. The number of hydrogen-bond acceptors (Lipinski definition) is 5. The van der Waals surface area contributed by atoms with Crippen LogP contribution in [0.4, 0.5) is 4.79 Å². The van der Waals surface area contributed by atoms with Crippen LogP contribution in [0.15, 0.2) is 24.3 Å². The van der Waals surface area contributed by atoms with Gasteiger partial charge in [0.05, 0.1) is 29.9 Å². The van der Waals surface area contributed by atoms with Crippen molar-refractivity contribution in [2.45, 2.75) is 76.8 Å². The fourth-order valence-electron chi connectivity index (χ4n) is 5.98. The van der Waals surface area contributed by atoms with E-state index in [1.54, 1.807) is 23.1 Å². The predicted molar refractivity (Wildman–Crippen MR) is 131 cm³/mol. The third-order valence-corrected chi connectivity index (χ3v) is 8.03. The molecule has 1 N–H and O–H groups in total. The number of benzene rings is 1. The van der Waals surface area contributed by atoms with Gasteiger partial charge in [-0.05, 0) is 68.9 Å². The van der Waals surface area contributed by atoms with Crippen molar-refractivity contribution in [2.24, 2.45) is 5.92 Å². The molecule has 188 valence electrons. The first-order chi connectivity index (χ1) is 16.8. The molecule has 5 rings (SSSR count). The lowest BCUT2D eigenvalue weighted by atomic mass is 9.89. The fourth-order valence-corrected chi connectivity index (χ4v) is 6.55. The van der Waals surface area contributed by atoms with Crippen LogP contribution in [0.5, 0.6) is 0 Å². The van der Waals surface area contributed by atoms with Crippen LogP contribution in [0, 0.1) is 5.92 Å². The van der Waals surface area contributed by atoms with Gasteiger partial charge in [-0.25, -0.2) is 4.79 Å². The number of carbonyl (C=O) groups is 2. The van der Waals surface area contributed by atoms with Crippen LogP contribution < -0.4 is 0 Å². The zero-order chi connectivity index (χ0) is 24.7. The first-order valence-electron chi connectivity index (χ1n) is 12.2. The summed E-state index contributed by atoms with van der Waals surface area (Å²) in [7, 11) is 0. The zero-order valence-electron chi connectivity index (χ0n) is 19.7. The number of nitrogens with zero attached hydrogens (tertiary/aromatic N) is 4. The molecule has 1 amide bonds. The van der Waals surface area contributed by atoms with Gasteiger partial charge >= 0.3 is 12.1 Å². The van der Waals surface area contributed by atoms with Crippen molar-refractivity contribution in [1.29, 1.82) is 0 Å². The molecule has 2 fully saturated rings. The van der Waals surface area contributed by atoms with Gasteiger partial charge < -0.3 is 14.7 Å². The van der Waals surface area contributed by atoms with Crippen LogP contribution in [0.1, 0.15) is 62.0 Å². The number of aromatic nitrogens is 2. The van der Waals surface area contributed by atoms with Crippen LogP contribution >= 0.6 is 23.2 Å². The van der Waals surface area contributed by atoms with Crippen LogP contribution in [0.3, 0.4) is 0 Å². The van der Waals surface area contributed by atoms with Gasteiger partial charge in [0, 0.05) is 35.2 Å². The molecule has 35 heavy (non-hydrogen) atoms. The molecule has 10 heteroatoms. The van der Waals surface area contributed by atoms with Crippen molar-refractivity contribution in [1.82, 2.24) is 19.6 Å². The Labute approximate surface area is 214 Å². The third kappa shape index (κ3) is 5.15. The number of piperidine rings is 1. The van der Waals surface area contributed by atoms with E-state index in [0.717, 1.165) is 42.8 Å². The molecule has 0 aliphatic carbocycles. The van der Waals surface area contributed by atoms with Gasteiger partial charge in [-0.3, -0.25) is 14.4 Å². The van der Waals surface area contributed by atoms with E-state index in [-0.39, 0.29) is 36.7 Å². The van der Waals surface area contributed by atoms with Gasteiger partial charge in [-0.15, -0.1) is 0 Å². The maximum Gasteiger partial charge on any atom is 0.410 e. The van der Waals surface area contributed by atoms with Crippen molar-refractivity contribution in [3.8, 4) is 0 Å². The molecule has 3 unspecified atom stereocenters. The van der Waals surface area contributed by atoms with E-state index in [4.69, 9.17) is 33.0 Å². The lowest BCUT2D eigenvalue weighted by Gasteiger charge is -2.40. The molecule has 4 heterocycles. The average molecular weight is 521 g/mol. The highest BCUT2D eigenvalue weighted by atomic mass is 35.5. The topological polar surface area (TPSA) is 87.9 Å². The number of halogens is 2. The molecule has 1 aromatic carbocycles. The smallest absolute Gasteiger partial charge is 0.410 e. The summed E-state index contributed by atoms with van der Waals surface area (Å²) in [6, 6.07) is 7.89. The molecule has 3 aliphatic rings. The SMILES string of the molecule is CC(c1cc2n(n1)CCCN(C(=O)OCc1cc(Cl)cc(Cl)c1)C2)N1C2CCC1CC(C(=O)O)C2. The van der Waals surface area contributed by atoms with E-state index in [9.17, 15) is 14.7 Å². The second kappa shape index (κ2) is 9.99. The Morgan fingerprint density at radius 2 is 1.80 bits per heavy atom. The number of fused-ring (bicyclic) bond motifs is 3. The van der Waals surface area contributed by atoms with E-state index < -0.39 is 5.97 Å². The first-order valence-corrected chi connectivity index (χ1v) is 13.0. The van der Waals surface area contributed by atoms with E-state index in [0.29, 0.717) is 36.0 Å². The van der Waals surface area contributed by atoms with Gasteiger partial charge in [-0.1, -0.05) is 23.2 Å². The highest BCUT2D eigenvalue weighted by molar-refractivity contribution is 6.34. The summed E-state index contributed by atoms with van der Waals surface area (Å²) in [5, 5.41) is 15.4. The van der Waals surface area contributed by atoms with Gasteiger partial charge in [0.2, 0.25) is 0 Å². The minimum Gasteiger partial charge on any atom is -0.481 e. The van der Waals surface area contributed by atoms with Crippen LogP contribution in [0.2, 0.25) is 10.0 Å². The highest BCUT2D eigenvalue weighted by Gasteiger charge is 2.45. The molecule has 0 spiro atoms. The number of rotatable bonds is 5. The lowest BCUT2D eigenvalue weighted by molar-refractivity contribution is -0.144. The third-order valence-electron chi connectivity index (χ3n) is 7.59. The number of ether oxygens (including phenoxy) is 1. The Morgan fingerprint density at radius 3 is 2.46 bits per heavy atom. The summed E-state index contributed by atoms with van der Waals surface area (Å²) in [4.78, 5) is 28.6. The molecule has 8 nitrogen and oxygen atoms in total. The van der Waals surface area contributed by atoms with Crippen molar-refractivity contribution in [2.75, 3.05) is 6.54 Å². The summed E-state index contributed by atoms with van der Waals surface area (Å²) >= 11 is 12.1. The molecular weight excluding hydrogens is 491 g/mol. The van der Waals surface area contributed by atoms with E-state index in [1.807, 2.05) is 4.68 Å². The molecule has 3 atom stereocenters. The molecule has 2 bridgehead atoms.